The molecule has 2 rings (SSSR count). The second-order valence-corrected chi connectivity index (χ2v) is 1.52. The largest absolute Gasteiger partial charge is 0.377 e. The molecule has 0 atom stereocenters. The zero-order valence-electron chi connectivity index (χ0n) is 5.03. The molecule has 1 aliphatic heterocycles. The molecule has 3 nitrogen and oxygen atoms in total. The Balaban J connectivity index is 0.000000112. The van der Waals surface area contributed by atoms with Crippen molar-refractivity contribution in [2.75, 3.05) is 13.2 Å². The predicted molar refractivity (Wildman–Crippen MR) is 32.9 cm³/mol. The smallest absolute Gasteiger partial charge is 0.115 e. The molecule has 0 amide bonds. The van der Waals surface area contributed by atoms with E-state index in [1.54, 1.807) is 18.5 Å². The van der Waals surface area contributed by atoms with Gasteiger partial charge in [0.15, 0.2) is 0 Å². The van der Waals surface area contributed by atoms with Crippen LogP contribution in [0.3, 0.4) is 0 Å². The molecule has 9 heavy (non-hydrogen) atoms. The minimum Gasteiger partial charge on any atom is -0.377 e. The van der Waals surface area contributed by atoms with E-state index in [-0.39, 0.29) is 0 Å². The van der Waals surface area contributed by atoms with E-state index in [9.17, 15) is 0 Å². The van der Waals surface area contributed by atoms with Gasteiger partial charge >= 0.3 is 0 Å². The minimum absolute atomic E-state index is 1.00. The molecular formula is C6H8N2O. The summed E-state index contributed by atoms with van der Waals surface area (Å²) in [6.45, 7) is 2.00. The highest BCUT2D eigenvalue weighted by molar-refractivity contribution is 4.74. The van der Waals surface area contributed by atoms with Crippen molar-refractivity contribution in [3.05, 3.63) is 24.8 Å². The van der Waals surface area contributed by atoms with Gasteiger partial charge in [-0.2, -0.15) is 0 Å². The molecular weight excluding hydrogens is 116 g/mol. The van der Waals surface area contributed by atoms with Gasteiger partial charge < -0.3 is 4.74 Å². The SMILES string of the molecule is C1CO1.c1cncnc1. The molecule has 0 aromatic carbocycles. The highest BCUT2D eigenvalue weighted by Gasteiger charge is 1.94. The number of ether oxygens (including phenoxy) is 1. The predicted octanol–water partition coefficient (Wildman–Crippen LogP) is 0.493. The summed E-state index contributed by atoms with van der Waals surface area (Å²) in [6, 6.07) is 1.78. The lowest BCUT2D eigenvalue weighted by Crippen LogP contribution is -1.66. The first-order valence-electron chi connectivity index (χ1n) is 2.78. The Morgan fingerprint density at radius 2 is 1.67 bits per heavy atom. The van der Waals surface area contributed by atoms with Crippen LogP contribution in [-0.2, 0) is 4.74 Å². The van der Waals surface area contributed by atoms with Crippen LogP contribution in [0.15, 0.2) is 24.8 Å². The van der Waals surface area contributed by atoms with Crippen LogP contribution in [0, 0.1) is 0 Å². The van der Waals surface area contributed by atoms with Gasteiger partial charge in [0.2, 0.25) is 0 Å². The second kappa shape index (κ2) is 3.97. The van der Waals surface area contributed by atoms with Crippen LogP contribution >= 0.6 is 0 Å². The summed E-state index contributed by atoms with van der Waals surface area (Å²) in [5, 5.41) is 0. The van der Waals surface area contributed by atoms with E-state index in [0.29, 0.717) is 0 Å². The molecule has 0 N–H and O–H groups in total. The molecule has 3 heteroatoms. The van der Waals surface area contributed by atoms with Gasteiger partial charge in [-0.05, 0) is 6.07 Å². The average molecular weight is 124 g/mol. The Hall–Kier alpha value is -0.960. The summed E-state index contributed by atoms with van der Waals surface area (Å²) in [5.74, 6) is 0. The Labute approximate surface area is 53.7 Å². The Morgan fingerprint density at radius 1 is 1.11 bits per heavy atom. The topological polar surface area (TPSA) is 38.3 Å². The van der Waals surface area contributed by atoms with Gasteiger partial charge in [-0.3, -0.25) is 0 Å². The van der Waals surface area contributed by atoms with Gasteiger partial charge in [0.05, 0.1) is 13.2 Å². The van der Waals surface area contributed by atoms with Crippen molar-refractivity contribution in [3.63, 3.8) is 0 Å². The van der Waals surface area contributed by atoms with Gasteiger partial charge in [0.25, 0.3) is 0 Å². The lowest BCUT2D eigenvalue weighted by molar-refractivity contribution is 0.475. The quantitative estimate of drug-likeness (QED) is 0.472. The molecule has 1 saturated heterocycles. The van der Waals surface area contributed by atoms with Gasteiger partial charge in [0.1, 0.15) is 6.33 Å². The lowest BCUT2D eigenvalue weighted by atomic mass is 10.7. The van der Waals surface area contributed by atoms with Crippen LogP contribution in [-0.4, -0.2) is 23.2 Å². The van der Waals surface area contributed by atoms with E-state index in [1.807, 2.05) is 0 Å². The summed E-state index contributed by atoms with van der Waals surface area (Å²) in [6.07, 6.45) is 4.88. The third-order valence-electron chi connectivity index (χ3n) is 0.682. The third-order valence-corrected chi connectivity index (χ3v) is 0.682. The van der Waals surface area contributed by atoms with Crippen molar-refractivity contribution in [1.82, 2.24) is 9.97 Å². The molecule has 0 bridgehead atoms. The van der Waals surface area contributed by atoms with Gasteiger partial charge in [-0.25, -0.2) is 9.97 Å². The second-order valence-electron chi connectivity index (χ2n) is 1.52. The maximum Gasteiger partial charge on any atom is 0.115 e. The number of aromatic nitrogens is 2. The van der Waals surface area contributed by atoms with E-state index in [0.717, 1.165) is 13.2 Å². The molecule has 1 aromatic heterocycles. The van der Waals surface area contributed by atoms with Crippen molar-refractivity contribution in [3.8, 4) is 0 Å². The van der Waals surface area contributed by atoms with Crippen molar-refractivity contribution in [2.45, 2.75) is 0 Å². The van der Waals surface area contributed by atoms with Crippen LogP contribution in [0.5, 0.6) is 0 Å². The van der Waals surface area contributed by atoms with Crippen LogP contribution in [0.1, 0.15) is 0 Å². The maximum atomic E-state index is 4.50. The van der Waals surface area contributed by atoms with Crippen LogP contribution in [0.4, 0.5) is 0 Å². The first-order chi connectivity index (χ1) is 4.50. The summed E-state index contributed by atoms with van der Waals surface area (Å²) in [4.78, 5) is 7.35. The fraction of sp³-hybridized carbons (Fsp3) is 0.333. The van der Waals surface area contributed by atoms with E-state index >= 15 is 0 Å². The summed E-state index contributed by atoms with van der Waals surface area (Å²) >= 11 is 0. The van der Waals surface area contributed by atoms with E-state index in [2.05, 4.69) is 14.7 Å². The molecule has 0 radical (unpaired) electrons. The maximum absolute atomic E-state index is 4.50. The standard InChI is InChI=1S/C4H4N2.C2H4O/c1-2-5-4-6-3-1;1-2-3-1/h1-4H;1-2H2. The highest BCUT2D eigenvalue weighted by Crippen LogP contribution is 1.84. The Kier molecular flexibility index (Phi) is 2.72. The molecule has 0 aliphatic carbocycles. The number of epoxide rings is 1. The zero-order valence-corrected chi connectivity index (χ0v) is 5.03. The molecule has 0 spiro atoms. The fourth-order valence-corrected chi connectivity index (χ4v) is 0.253. The number of hydrogen-bond acceptors (Lipinski definition) is 3. The Morgan fingerprint density at radius 3 is 1.78 bits per heavy atom. The summed E-state index contributed by atoms with van der Waals surface area (Å²) < 4.78 is 4.50. The van der Waals surface area contributed by atoms with Crippen LogP contribution < -0.4 is 0 Å². The van der Waals surface area contributed by atoms with Crippen molar-refractivity contribution in [1.29, 1.82) is 0 Å². The average Bonchev–Trinajstić information content (AvgIpc) is 2.76. The van der Waals surface area contributed by atoms with E-state index in [1.165, 1.54) is 6.33 Å². The van der Waals surface area contributed by atoms with Crippen molar-refractivity contribution < 1.29 is 4.74 Å². The molecule has 1 fully saturated rings. The van der Waals surface area contributed by atoms with Gasteiger partial charge in [0, 0.05) is 12.4 Å². The lowest BCUT2D eigenvalue weighted by Gasteiger charge is -1.70. The first-order valence-corrected chi connectivity index (χ1v) is 2.78. The molecule has 1 aliphatic rings. The van der Waals surface area contributed by atoms with Crippen LogP contribution in [0.2, 0.25) is 0 Å². The summed E-state index contributed by atoms with van der Waals surface area (Å²) in [7, 11) is 0. The number of hydrogen-bond donors (Lipinski definition) is 0. The molecule has 0 unspecified atom stereocenters. The highest BCUT2D eigenvalue weighted by atomic mass is 16.6. The molecule has 0 saturated carbocycles. The fourth-order valence-electron chi connectivity index (χ4n) is 0.253. The monoisotopic (exact) mass is 124 g/mol. The first kappa shape index (κ1) is 6.16. The summed E-state index contributed by atoms with van der Waals surface area (Å²) in [5.41, 5.74) is 0. The Bertz CT molecular complexity index is 112. The molecule has 1 aromatic rings. The zero-order chi connectivity index (χ0) is 6.36. The third kappa shape index (κ3) is 4.90. The minimum atomic E-state index is 1.00. The van der Waals surface area contributed by atoms with E-state index < -0.39 is 0 Å². The van der Waals surface area contributed by atoms with Gasteiger partial charge in [-0.1, -0.05) is 0 Å². The normalized spacial score (nSPS) is 13.3. The van der Waals surface area contributed by atoms with E-state index in [4.69, 9.17) is 0 Å². The molecule has 2 heterocycles. The van der Waals surface area contributed by atoms with Crippen molar-refractivity contribution in [2.24, 2.45) is 0 Å². The number of nitrogens with zero attached hydrogens (tertiary/aromatic N) is 2. The van der Waals surface area contributed by atoms with Crippen molar-refractivity contribution >= 4 is 0 Å². The number of rotatable bonds is 0. The van der Waals surface area contributed by atoms with Crippen LogP contribution in [0.25, 0.3) is 0 Å². The molecule has 48 valence electrons. The van der Waals surface area contributed by atoms with Gasteiger partial charge in [-0.15, -0.1) is 0 Å².